The number of carbonyl (C=O) groups excluding carboxylic acids is 1. The van der Waals surface area contributed by atoms with Crippen molar-refractivity contribution in [3.63, 3.8) is 0 Å². The number of methoxy groups -OCH3 is 1. The maximum atomic E-state index is 12.4. The molecule has 4 rings (SSSR count). The quantitative estimate of drug-likeness (QED) is 0.538. The number of hydrogen-bond acceptors (Lipinski definition) is 6. The summed E-state index contributed by atoms with van der Waals surface area (Å²) < 4.78 is 13.5. The Kier molecular flexibility index (Phi) is 4.94. The van der Waals surface area contributed by atoms with Gasteiger partial charge in [0.1, 0.15) is 5.82 Å². The molecule has 8 heteroatoms. The van der Waals surface area contributed by atoms with E-state index in [1.54, 1.807) is 30.0 Å². The monoisotopic (exact) mass is 394 g/mol. The number of amides is 1. The van der Waals surface area contributed by atoms with Gasteiger partial charge in [0.05, 0.1) is 23.0 Å². The van der Waals surface area contributed by atoms with Crippen molar-refractivity contribution < 1.29 is 14.3 Å². The average Bonchev–Trinajstić information content (AvgIpc) is 3.29. The van der Waals surface area contributed by atoms with Crippen LogP contribution in [0, 0.1) is 6.92 Å². The van der Waals surface area contributed by atoms with Gasteiger partial charge in [-0.25, -0.2) is 4.98 Å². The van der Waals surface area contributed by atoms with Gasteiger partial charge in [-0.3, -0.25) is 4.79 Å². The third-order valence-electron chi connectivity index (χ3n) is 3.99. The highest BCUT2D eigenvalue weighted by Crippen LogP contribution is 2.28. The summed E-state index contributed by atoms with van der Waals surface area (Å²) >= 11 is 1.51. The molecule has 0 aliphatic carbocycles. The zero-order valence-corrected chi connectivity index (χ0v) is 16.2. The number of hydrogen-bond donors (Lipinski definition) is 1. The van der Waals surface area contributed by atoms with Crippen molar-refractivity contribution in [2.24, 2.45) is 0 Å². The molecule has 0 fully saturated rings. The molecule has 0 radical (unpaired) electrons. The largest absolute Gasteiger partial charge is 0.493 e. The maximum Gasteiger partial charge on any atom is 0.263 e. The fraction of sp³-hybridized carbons (Fsp3) is 0.150. The van der Waals surface area contributed by atoms with Gasteiger partial charge in [0, 0.05) is 6.07 Å². The van der Waals surface area contributed by atoms with Gasteiger partial charge in [0.25, 0.3) is 5.91 Å². The summed E-state index contributed by atoms with van der Waals surface area (Å²) in [6, 6.07) is 16.9. The van der Waals surface area contributed by atoms with Crippen molar-refractivity contribution in [3.8, 4) is 16.6 Å². The van der Waals surface area contributed by atoms with E-state index in [9.17, 15) is 4.79 Å². The lowest BCUT2D eigenvalue weighted by Crippen LogP contribution is -2.22. The van der Waals surface area contributed by atoms with Crippen LogP contribution in [-0.2, 0) is 4.79 Å². The molecule has 1 amide bonds. The standard InChI is InChI=1S/C20H18N4O3S/c1-13-11-18(22-19(25)12-27-16-9-5-4-8-15(16)26-2)24(23-13)20-21-14-7-3-6-10-17(14)28-20/h3-11H,12H2,1-2H3,(H,22,25). The van der Waals surface area contributed by atoms with E-state index in [1.165, 1.54) is 11.3 Å². The Labute approximate surface area is 165 Å². The van der Waals surface area contributed by atoms with Crippen LogP contribution in [0.1, 0.15) is 5.69 Å². The number of thiazole rings is 1. The van der Waals surface area contributed by atoms with Crippen molar-refractivity contribution in [2.75, 3.05) is 19.0 Å². The summed E-state index contributed by atoms with van der Waals surface area (Å²) in [5.74, 6) is 1.33. The van der Waals surface area contributed by atoms with Crippen LogP contribution in [0.15, 0.2) is 54.6 Å². The number of benzene rings is 2. The molecule has 0 saturated carbocycles. The van der Waals surface area contributed by atoms with Gasteiger partial charge >= 0.3 is 0 Å². The smallest absolute Gasteiger partial charge is 0.263 e. The molecular weight excluding hydrogens is 376 g/mol. The Balaban J connectivity index is 1.51. The highest BCUT2D eigenvalue weighted by Gasteiger charge is 2.15. The third-order valence-corrected chi connectivity index (χ3v) is 5.00. The molecule has 0 atom stereocenters. The van der Waals surface area contributed by atoms with E-state index in [0.29, 0.717) is 22.4 Å². The van der Waals surface area contributed by atoms with Crippen LogP contribution in [0.2, 0.25) is 0 Å². The molecular formula is C20H18N4O3S. The van der Waals surface area contributed by atoms with E-state index in [4.69, 9.17) is 9.47 Å². The van der Waals surface area contributed by atoms with Gasteiger partial charge in [0.2, 0.25) is 5.13 Å². The van der Waals surface area contributed by atoms with Crippen LogP contribution in [0.3, 0.4) is 0 Å². The molecule has 0 aliphatic rings. The Morgan fingerprint density at radius 3 is 2.68 bits per heavy atom. The number of carbonyl (C=O) groups is 1. The number of anilines is 1. The highest BCUT2D eigenvalue weighted by atomic mass is 32.1. The number of ether oxygens (including phenoxy) is 2. The molecule has 0 bridgehead atoms. The number of nitrogens with one attached hydrogen (secondary N) is 1. The van der Waals surface area contributed by atoms with E-state index in [1.807, 2.05) is 43.3 Å². The zero-order valence-electron chi connectivity index (χ0n) is 15.4. The van der Waals surface area contributed by atoms with Crippen LogP contribution >= 0.6 is 11.3 Å². The molecule has 28 heavy (non-hydrogen) atoms. The van der Waals surface area contributed by atoms with Crippen molar-refractivity contribution in [1.82, 2.24) is 14.8 Å². The first-order chi connectivity index (χ1) is 13.6. The van der Waals surface area contributed by atoms with Crippen molar-refractivity contribution >= 4 is 33.3 Å². The minimum Gasteiger partial charge on any atom is -0.493 e. The van der Waals surface area contributed by atoms with E-state index in [0.717, 1.165) is 15.9 Å². The van der Waals surface area contributed by atoms with Crippen LogP contribution in [0.5, 0.6) is 11.5 Å². The SMILES string of the molecule is COc1ccccc1OCC(=O)Nc1cc(C)nn1-c1nc2ccccc2s1. The summed E-state index contributed by atoms with van der Waals surface area (Å²) in [5, 5.41) is 8.00. The predicted octanol–water partition coefficient (Wildman–Crippen LogP) is 3.82. The lowest BCUT2D eigenvalue weighted by Gasteiger charge is -2.10. The lowest BCUT2D eigenvalue weighted by molar-refractivity contribution is -0.118. The Bertz CT molecular complexity index is 1100. The second-order valence-corrected chi connectivity index (χ2v) is 7.04. The van der Waals surface area contributed by atoms with Gasteiger partial charge in [0.15, 0.2) is 18.1 Å². The van der Waals surface area contributed by atoms with Crippen LogP contribution in [0.25, 0.3) is 15.3 Å². The molecule has 7 nitrogen and oxygen atoms in total. The van der Waals surface area contributed by atoms with Gasteiger partial charge in [-0.2, -0.15) is 9.78 Å². The minimum absolute atomic E-state index is 0.148. The van der Waals surface area contributed by atoms with Crippen molar-refractivity contribution in [1.29, 1.82) is 0 Å². The Morgan fingerprint density at radius 1 is 1.14 bits per heavy atom. The first kappa shape index (κ1) is 18.0. The summed E-state index contributed by atoms with van der Waals surface area (Å²) in [6.07, 6.45) is 0. The predicted molar refractivity (Wildman–Crippen MR) is 109 cm³/mol. The van der Waals surface area contributed by atoms with Crippen molar-refractivity contribution in [2.45, 2.75) is 6.92 Å². The number of aryl methyl sites for hydroxylation is 1. The zero-order chi connectivity index (χ0) is 19.5. The molecule has 2 heterocycles. The molecule has 2 aromatic carbocycles. The Morgan fingerprint density at radius 2 is 1.89 bits per heavy atom. The summed E-state index contributed by atoms with van der Waals surface area (Å²) in [6.45, 7) is 1.72. The van der Waals surface area contributed by atoms with Crippen LogP contribution in [-0.4, -0.2) is 34.4 Å². The second-order valence-electron chi connectivity index (χ2n) is 6.03. The van der Waals surface area contributed by atoms with Gasteiger partial charge in [-0.15, -0.1) is 0 Å². The van der Waals surface area contributed by atoms with Gasteiger partial charge < -0.3 is 14.8 Å². The van der Waals surface area contributed by atoms with Gasteiger partial charge in [-0.05, 0) is 31.2 Å². The van der Waals surface area contributed by atoms with Gasteiger partial charge in [-0.1, -0.05) is 35.6 Å². The summed E-state index contributed by atoms with van der Waals surface area (Å²) in [4.78, 5) is 17.0. The molecule has 0 unspecified atom stereocenters. The van der Waals surface area contributed by atoms with Crippen LogP contribution in [0.4, 0.5) is 5.82 Å². The maximum absolute atomic E-state index is 12.4. The fourth-order valence-corrected chi connectivity index (χ4v) is 3.68. The van der Waals surface area contributed by atoms with Crippen molar-refractivity contribution in [3.05, 3.63) is 60.3 Å². The third kappa shape index (κ3) is 3.67. The topological polar surface area (TPSA) is 78.3 Å². The van der Waals surface area contributed by atoms with E-state index >= 15 is 0 Å². The summed E-state index contributed by atoms with van der Waals surface area (Å²) in [5.41, 5.74) is 1.67. The Hall–Kier alpha value is -3.39. The van der Waals surface area contributed by atoms with E-state index < -0.39 is 0 Å². The number of para-hydroxylation sites is 3. The summed E-state index contributed by atoms with van der Waals surface area (Å²) in [7, 11) is 1.56. The first-order valence-electron chi connectivity index (χ1n) is 8.62. The first-order valence-corrected chi connectivity index (χ1v) is 9.44. The number of nitrogens with zero attached hydrogens (tertiary/aromatic N) is 3. The molecule has 0 aliphatic heterocycles. The van der Waals surface area contributed by atoms with Crippen LogP contribution < -0.4 is 14.8 Å². The normalized spacial score (nSPS) is 10.8. The minimum atomic E-state index is -0.298. The highest BCUT2D eigenvalue weighted by molar-refractivity contribution is 7.20. The molecule has 0 spiro atoms. The molecule has 4 aromatic rings. The average molecular weight is 394 g/mol. The van der Waals surface area contributed by atoms with E-state index in [-0.39, 0.29) is 12.5 Å². The lowest BCUT2D eigenvalue weighted by atomic mass is 10.3. The molecule has 0 saturated heterocycles. The van der Waals surface area contributed by atoms with E-state index in [2.05, 4.69) is 15.4 Å². The number of rotatable bonds is 6. The molecule has 142 valence electrons. The fourth-order valence-electron chi connectivity index (χ4n) is 2.75. The number of aromatic nitrogens is 3. The number of fused-ring (bicyclic) bond motifs is 1. The molecule has 1 N–H and O–H groups in total. The second kappa shape index (κ2) is 7.69. The molecule has 2 aromatic heterocycles.